The summed E-state index contributed by atoms with van der Waals surface area (Å²) in [6, 6.07) is 23.9. The van der Waals surface area contributed by atoms with Gasteiger partial charge in [0, 0.05) is 35.0 Å². The fourth-order valence-electron chi connectivity index (χ4n) is 4.44. The predicted molar refractivity (Wildman–Crippen MR) is 151 cm³/mol. The van der Waals surface area contributed by atoms with Crippen LogP contribution in [0.15, 0.2) is 96.0 Å². The number of esters is 1. The maximum atomic E-state index is 13.1. The number of fused-ring (bicyclic) bond motifs is 2. The van der Waals surface area contributed by atoms with Gasteiger partial charge in [0.2, 0.25) is 0 Å². The van der Waals surface area contributed by atoms with E-state index in [0.29, 0.717) is 27.5 Å². The van der Waals surface area contributed by atoms with Gasteiger partial charge in [0.1, 0.15) is 17.5 Å². The molecular formula is C31H22N2O7. The molecule has 0 bridgehead atoms. The lowest BCUT2D eigenvalue weighted by atomic mass is 9.90. The van der Waals surface area contributed by atoms with Gasteiger partial charge in [-0.05, 0) is 52.7 Å². The minimum absolute atomic E-state index is 0.113. The van der Waals surface area contributed by atoms with Crippen molar-refractivity contribution in [2.75, 3.05) is 0 Å². The number of benzene rings is 5. The zero-order valence-corrected chi connectivity index (χ0v) is 21.1. The summed E-state index contributed by atoms with van der Waals surface area (Å²) >= 11 is 0. The van der Waals surface area contributed by atoms with Crippen LogP contribution in [-0.2, 0) is 4.79 Å². The minimum Gasteiger partial charge on any atom is -0.507 e. The fraction of sp³-hybridized carbons (Fsp3) is 0.0645. The predicted octanol–water partition coefficient (Wildman–Crippen LogP) is 6.39. The molecule has 0 spiro atoms. The highest BCUT2D eigenvalue weighted by Crippen LogP contribution is 2.46. The number of aliphatic imine (C=N–C) groups is 1. The van der Waals surface area contributed by atoms with Crippen molar-refractivity contribution in [2.24, 2.45) is 4.99 Å². The van der Waals surface area contributed by atoms with E-state index in [2.05, 4.69) is 4.99 Å². The molecule has 0 saturated carbocycles. The SMILES string of the molecule is C[C@H](N=Cc1cc2ccccc2c(-c2c(OC(=O)c3ccc([N+](=O)[O-])cc3)ccc3ccccc23)c1O)C(=O)O. The molecule has 9 heteroatoms. The maximum Gasteiger partial charge on any atom is 0.343 e. The highest BCUT2D eigenvalue weighted by molar-refractivity contribution is 6.13. The van der Waals surface area contributed by atoms with Gasteiger partial charge in [-0.2, -0.15) is 0 Å². The largest absolute Gasteiger partial charge is 0.507 e. The number of phenols is 1. The van der Waals surface area contributed by atoms with Gasteiger partial charge in [0.15, 0.2) is 0 Å². The van der Waals surface area contributed by atoms with Crippen molar-refractivity contribution in [3.05, 3.63) is 112 Å². The van der Waals surface area contributed by atoms with Crippen LogP contribution in [-0.4, -0.2) is 39.3 Å². The third-order valence-electron chi connectivity index (χ3n) is 6.50. The summed E-state index contributed by atoms with van der Waals surface area (Å²) in [6.07, 6.45) is 1.32. The third kappa shape index (κ3) is 4.95. The summed E-state index contributed by atoms with van der Waals surface area (Å²) < 4.78 is 5.84. The summed E-state index contributed by atoms with van der Waals surface area (Å²) in [4.78, 5) is 39.0. The molecule has 0 amide bonds. The first-order chi connectivity index (χ1) is 19.2. The maximum absolute atomic E-state index is 13.1. The molecule has 0 radical (unpaired) electrons. The Labute approximate surface area is 227 Å². The summed E-state index contributed by atoms with van der Waals surface area (Å²) in [5, 5.41) is 34.8. The molecule has 5 aromatic rings. The molecule has 1 atom stereocenters. The molecule has 5 rings (SSSR count). The first-order valence-corrected chi connectivity index (χ1v) is 12.2. The first kappa shape index (κ1) is 26.1. The second-order valence-corrected chi connectivity index (χ2v) is 9.06. The van der Waals surface area contributed by atoms with Crippen molar-refractivity contribution < 1.29 is 29.5 Å². The molecule has 0 fully saturated rings. The Morgan fingerprint density at radius 1 is 0.900 bits per heavy atom. The lowest BCUT2D eigenvalue weighted by Crippen LogP contribution is -2.13. The molecule has 40 heavy (non-hydrogen) atoms. The number of nitro benzene ring substituents is 1. The smallest absolute Gasteiger partial charge is 0.343 e. The van der Waals surface area contributed by atoms with Crippen LogP contribution in [0.3, 0.4) is 0 Å². The van der Waals surface area contributed by atoms with Gasteiger partial charge in [-0.15, -0.1) is 0 Å². The number of non-ortho nitro benzene ring substituents is 1. The molecule has 198 valence electrons. The Kier molecular flexibility index (Phi) is 6.94. The molecule has 0 unspecified atom stereocenters. The average molecular weight is 535 g/mol. The Balaban J connectivity index is 1.72. The second-order valence-electron chi connectivity index (χ2n) is 9.06. The standard InChI is InChI=1S/C31H22N2O7/c1-18(30(35)36)32-17-22-16-21-7-3-5-9-25(21)28(29(22)34)27-24-8-4-2-6-19(24)12-15-26(27)40-31(37)20-10-13-23(14-11-20)33(38)39/h2-18,34H,1H3,(H,35,36)/t18-/m0/s1. The molecule has 0 aliphatic carbocycles. The van der Waals surface area contributed by atoms with Gasteiger partial charge >= 0.3 is 11.9 Å². The fourth-order valence-corrected chi connectivity index (χ4v) is 4.44. The van der Waals surface area contributed by atoms with Crippen LogP contribution >= 0.6 is 0 Å². The Morgan fingerprint density at radius 3 is 2.17 bits per heavy atom. The topological polar surface area (TPSA) is 139 Å². The van der Waals surface area contributed by atoms with Gasteiger partial charge in [-0.1, -0.05) is 54.6 Å². The van der Waals surface area contributed by atoms with E-state index in [4.69, 9.17) is 4.74 Å². The van der Waals surface area contributed by atoms with E-state index >= 15 is 0 Å². The molecule has 5 aromatic carbocycles. The van der Waals surface area contributed by atoms with E-state index in [0.717, 1.165) is 10.8 Å². The van der Waals surface area contributed by atoms with Gasteiger partial charge < -0.3 is 14.9 Å². The van der Waals surface area contributed by atoms with Crippen LogP contribution < -0.4 is 4.74 Å². The minimum atomic E-state index is -1.11. The number of hydrogen-bond acceptors (Lipinski definition) is 7. The summed E-state index contributed by atoms with van der Waals surface area (Å²) in [5.74, 6) is -1.84. The summed E-state index contributed by atoms with van der Waals surface area (Å²) in [7, 11) is 0. The van der Waals surface area contributed by atoms with E-state index in [-0.39, 0.29) is 22.7 Å². The zero-order valence-electron chi connectivity index (χ0n) is 21.1. The molecule has 2 N–H and O–H groups in total. The molecule has 9 nitrogen and oxygen atoms in total. The van der Waals surface area contributed by atoms with Crippen molar-refractivity contribution in [2.45, 2.75) is 13.0 Å². The lowest BCUT2D eigenvalue weighted by molar-refractivity contribution is -0.384. The number of aliphatic carboxylic acids is 1. The number of ether oxygens (including phenoxy) is 1. The van der Waals surface area contributed by atoms with Gasteiger partial charge in [0.25, 0.3) is 5.69 Å². The van der Waals surface area contributed by atoms with Crippen LogP contribution in [0, 0.1) is 10.1 Å². The van der Waals surface area contributed by atoms with E-state index in [1.54, 1.807) is 18.2 Å². The Bertz CT molecular complexity index is 1830. The lowest BCUT2D eigenvalue weighted by Gasteiger charge is -2.18. The number of rotatable bonds is 7. The van der Waals surface area contributed by atoms with E-state index in [9.17, 15) is 29.9 Å². The van der Waals surface area contributed by atoms with E-state index in [1.807, 2.05) is 48.5 Å². The average Bonchev–Trinajstić information content (AvgIpc) is 2.96. The molecule has 0 aliphatic rings. The second kappa shape index (κ2) is 10.7. The molecule has 0 aliphatic heterocycles. The van der Waals surface area contributed by atoms with Crippen molar-refractivity contribution in [1.29, 1.82) is 0 Å². The number of aromatic hydroxyl groups is 1. The van der Waals surface area contributed by atoms with Crippen molar-refractivity contribution in [1.82, 2.24) is 0 Å². The monoisotopic (exact) mass is 534 g/mol. The highest BCUT2D eigenvalue weighted by Gasteiger charge is 2.22. The molecule has 0 saturated heterocycles. The number of carboxylic acid groups (broad SMARTS) is 1. The van der Waals surface area contributed by atoms with Gasteiger partial charge in [-0.25, -0.2) is 9.59 Å². The Morgan fingerprint density at radius 2 is 1.52 bits per heavy atom. The molecule has 0 aromatic heterocycles. The number of nitrogens with zero attached hydrogens (tertiary/aromatic N) is 2. The zero-order chi connectivity index (χ0) is 28.4. The van der Waals surface area contributed by atoms with Gasteiger partial charge in [0.05, 0.1) is 10.5 Å². The first-order valence-electron chi connectivity index (χ1n) is 12.2. The van der Waals surface area contributed by atoms with E-state index < -0.39 is 22.9 Å². The number of phenolic OH excluding ortho intramolecular Hbond substituents is 1. The summed E-state index contributed by atoms with van der Waals surface area (Å²) in [6.45, 7) is 1.43. The quantitative estimate of drug-likeness (QED) is 0.0811. The number of carbonyl (C=O) groups is 2. The van der Waals surface area contributed by atoms with Crippen LogP contribution in [0.25, 0.3) is 32.7 Å². The molecular weight excluding hydrogens is 512 g/mol. The van der Waals surface area contributed by atoms with Crippen LogP contribution in [0.1, 0.15) is 22.8 Å². The number of carboxylic acids is 1. The van der Waals surface area contributed by atoms with E-state index in [1.165, 1.54) is 37.4 Å². The third-order valence-corrected chi connectivity index (χ3v) is 6.50. The van der Waals surface area contributed by atoms with Crippen LogP contribution in [0.2, 0.25) is 0 Å². The van der Waals surface area contributed by atoms with Crippen LogP contribution in [0.5, 0.6) is 11.5 Å². The highest BCUT2D eigenvalue weighted by atomic mass is 16.6. The molecule has 0 heterocycles. The van der Waals surface area contributed by atoms with Crippen molar-refractivity contribution in [3.8, 4) is 22.6 Å². The van der Waals surface area contributed by atoms with Crippen LogP contribution in [0.4, 0.5) is 5.69 Å². The number of hydrogen-bond donors (Lipinski definition) is 2. The normalized spacial score (nSPS) is 12.0. The van der Waals surface area contributed by atoms with Crippen molar-refractivity contribution >= 4 is 45.4 Å². The van der Waals surface area contributed by atoms with Crippen molar-refractivity contribution in [3.63, 3.8) is 0 Å². The summed E-state index contributed by atoms with van der Waals surface area (Å²) in [5.41, 5.74) is 1.08. The van der Waals surface area contributed by atoms with Gasteiger partial charge in [-0.3, -0.25) is 15.1 Å². The Hall–Kier alpha value is -5.57. The number of nitro groups is 1. The number of carbonyl (C=O) groups excluding carboxylic acids is 1.